The summed E-state index contributed by atoms with van der Waals surface area (Å²) in [5, 5.41) is 12.0. The lowest BCUT2D eigenvalue weighted by atomic mass is 9.88. The summed E-state index contributed by atoms with van der Waals surface area (Å²) in [6.45, 7) is 1.42. The van der Waals surface area contributed by atoms with Gasteiger partial charge in [-0.05, 0) is 32.1 Å². The van der Waals surface area contributed by atoms with Crippen molar-refractivity contribution in [1.29, 1.82) is 0 Å². The Labute approximate surface area is 101 Å². The van der Waals surface area contributed by atoms with Gasteiger partial charge in [-0.25, -0.2) is 0 Å². The maximum Gasteiger partial charge on any atom is 0.157 e. The molecule has 3 rings (SSSR count). The summed E-state index contributed by atoms with van der Waals surface area (Å²) < 4.78 is 10.8. The highest BCUT2D eigenvalue weighted by Gasteiger charge is 2.43. The van der Waals surface area contributed by atoms with Crippen LogP contribution in [0.25, 0.3) is 0 Å². The molecule has 0 aromatic carbocycles. The van der Waals surface area contributed by atoms with Crippen molar-refractivity contribution in [2.45, 2.75) is 60.9 Å². The molecule has 2 unspecified atom stereocenters. The van der Waals surface area contributed by atoms with Gasteiger partial charge >= 0.3 is 0 Å². The fraction of sp³-hybridized carbons (Fsp3) is 1.00. The van der Waals surface area contributed by atoms with Crippen LogP contribution < -0.4 is 0 Å². The summed E-state index contributed by atoms with van der Waals surface area (Å²) in [6.07, 6.45) is 6.17. The van der Waals surface area contributed by atoms with Gasteiger partial charge in [0.2, 0.25) is 0 Å². The summed E-state index contributed by atoms with van der Waals surface area (Å²) in [6, 6.07) is 0. The van der Waals surface area contributed by atoms with Crippen LogP contribution in [0, 0.1) is 0 Å². The number of hydrogen-bond acceptors (Lipinski definition) is 4. The van der Waals surface area contributed by atoms with Crippen molar-refractivity contribution < 1.29 is 14.6 Å². The highest BCUT2D eigenvalue weighted by atomic mass is 32.2. The molecule has 1 N–H and O–H groups in total. The van der Waals surface area contributed by atoms with Crippen molar-refractivity contribution in [3.8, 4) is 0 Å². The van der Waals surface area contributed by atoms with E-state index in [1.165, 1.54) is 12.8 Å². The van der Waals surface area contributed by atoms with Crippen molar-refractivity contribution in [2.75, 3.05) is 13.2 Å². The maximum absolute atomic E-state index is 10.6. The molecule has 92 valence electrons. The molecule has 2 atom stereocenters. The molecule has 3 fully saturated rings. The summed E-state index contributed by atoms with van der Waals surface area (Å²) in [7, 11) is 0. The predicted octanol–water partition coefficient (Wildman–Crippen LogP) is 1.93. The van der Waals surface area contributed by atoms with Crippen LogP contribution in [0.4, 0.5) is 0 Å². The summed E-state index contributed by atoms with van der Waals surface area (Å²) in [5.74, 6) is 0. The first kappa shape index (κ1) is 11.3. The second-order valence-corrected chi connectivity index (χ2v) is 6.91. The molecule has 3 aliphatic heterocycles. The third-order valence-corrected chi connectivity index (χ3v) is 5.52. The average molecular weight is 244 g/mol. The largest absolute Gasteiger partial charge is 0.390 e. The Kier molecular flexibility index (Phi) is 3.17. The summed E-state index contributed by atoms with van der Waals surface area (Å²) in [4.78, 5) is 0. The zero-order chi connectivity index (χ0) is 11.0. The van der Waals surface area contributed by atoms with Crippen LogP contribution >= 0.6 is 11.8 Å². The molecule has 2 bridgehead atoms. The highest BCUT2D eigenvalue weighted by Crippen LogP contribution is 2.49. The molecule has 0 aliphatic carbocycles. The third kappa shape index (κ3) is 2.40. The van der Waals surface area contributed by atoms with Gasteiger partial charge < -0.3 is 14.6 Å². The van der Waals surface area contributed by atoms with E-state index in [0.717, 1.165) is 25.7 Å². The molecule has 0 saturated carbocycles. The van der Waals surface area contributed by atoms with Crippen LogP contribution in [0.3, 0.4) is 0 Å². The van der Waals surface area contributed by atoms with Gasteiger partial charge in [0, 0.05) is 16.9 Å². The Balaban J connectivity index is 1.52. The van der Waals surface area contributed by atoms with E-state index in [-0.39, 0.29) is 6.29 Å². The molecule has 3 aliphatic rings. The lowest BCUT2D eigenvalue weighted by molar-refractivity contribution is -0.0703. The lowest BCUT2D eigenvalue weighted by Crippen LogP contribution is -2.38. The molecule has 3 heterocycles. The van der Waals surface area contributed by atoms with Gasteiger partial charge in [-0.2, -0.15) is 11.8 Å². The number of rotatable bonds is 3. The molecular weight excluding hydrogens is 224 g/mol. The van der Waals surface area contributed by atoms with E-state index < -0.39 is 5.60 Å². The molecule has 0 aromatic heterocycles. The van der Waals surface area contributed by atoms with Gasteiger partial charge in [-0.3, -0.25) is 0 Å². The van der Waals surface area contributed by atoms with E-state index >= 15 is 0 Å². The van der Waals surface area contributed by atoms with Crippen molar-refractivity contribution in [3.05, 3.63) is 0 Å². The summed E-state index contributed by atoms with van der Waals surface area (Å²) >= 11 is 2.09. The molecular formula is C12H20O3S. The lowest BCUT2D eigenvalue weighted by Gasteiger charge is -2.36. The molecule has 0 amide bonds. The van der Waals surface area contributed by atoms with E-state index in [9.17, 15) is 5.11 Å². The van der Waals surface area contributed by atoms with Crippen molar-refractivity contribution >= 4 is 11.8 Å². The average Bonchev–Trinajstić information content (AvgIpc) is 2.86. The number of thioether (sulfide) groups is 1. The topological polar surface area (TPSA) is 38.7 Å². The number of aliphatic hydroxyl groups is 1. The normalized spacial score (nSPS) is 44.1. The van der Waals surface area contributed by atoms with Crippen LogP contribution in [0.1, 0.15) is 38.5 Å². The highest BCUT2D eigenvalue weighted by molar-refractivity contribution is 8.00. The molecule has 0 spiro atoms. The zero-order valence-electron chi connectivity index (χ0n) is 9.56. The zero-order valence-corrected chi connectivity index (χ0v) is 10.4. The van der Waals surface area contributed by atoms with E-state index in [0.29, 0.717) is 23.7 Å². The smallest absolute Gasteiger partial charge is 0.157 e. The predicted molar refractivity (Wildman–Crippen MR) is 63.5 cm³/mol. The van der Waals surface area contributed by atoms with E-state index in [1.54, 1.807) is 0 Å². The minimum atomic E-state index is -0.438. The summed E-state index contributed by atoms with van der Waals surface area (Å²) in [5.41, 5.74) is -0.438. The molecule has 0 aromatic rings. The van der Waals surface area contributed by atoms with Crippen LogP contribution in [0.15, 0.2) is 0 Å². The van der Waals surface area contributed by atoms with Gasteiger partial charge in [0.05, 0.1) is 18.8 Å². The van der Waals surface area contributed by atoms with Gasteiger partial charge in [-0.15, -0.1) is 0 Å². The standard InChI is InChI=1S/C12H20O3S/c13-12(4-3-11-14-5-6-15-11)7-9-1-2-10(8-12)16-9/h9-11,13H,1-8H2. The quantitative estimate of drug-likeness (QED) is 0.823. The van der Waals surface area contributed by atoms with Crippen LogP contribution in [-0.4, -0.2) is 40.7 Å². The van der Waals surface area contributed by atoms with Gasteiger partial charge in [0.15, 0.2) is 6.29 Å². The van der Waals surface area contributed by atoms with Crippen LogP contribution in [-0.2, 0) is 9.47 Å². The molecule has 0 radical (unpaired) electrons. The van der Waals surface area contributed by atoms with Crippen molar-refractivity contribution in [1.82, 2.24) is 0 Å². The second-order valence-electron chi connectivity index (χ2n) is 5.30. The minimum absolute atomic E-state index is 0.0590. The fourth-order valence-electron chi connectivity index (χ4n) is 3.18. The first-order chi connectivity index (χ1) is 7.73. The maximum atomic E-state index is 10.6. The molecule has 3 nitrogen and oxygen atoms in total. The SMILES string of the molecule is OC1(CCC2OCCO2)CC2CCC(C1)S2. The molecule has 16 heavy (non-hydrogen) atoms. The second kappa shape index (κ2) is 4.48. The van der Waals surface area contributed by atoms with Crippen LogP contribution in [0.2, 0.25) is 0 Å². The molecule has 3 saturated heterocycles. The number of ether oxygens (including phenoxy) is 2. The number of hydrogen-bond donors (Lipinski definition) is 1. The van der Waals surface area contributed by atoms with Crippen LogP contribution in [0.5, 0.6) is 0 Å². The van der Waals surface area contributed by atoms with E-state index in [4.69, 9.17) is 9.47 Å². The van der Waals surface area contributed by atoms with E-state index in [2.05, 4.69) is 11.8 Å². The third-order valence-electron chi connectivity index (χ3n) is 3.95. The van der Waals surface area contributed by atoms with Gasteiger partial charge in [0.1, 0.15) is 0 Å². The fourth-order valence-corrected chi connectivity index (χ4v) is 5.08. The first-order valence-electron chi connectivity index (χ1n) is 6.35. The Bertz CT molecular complexity index is 241. The van der Waals surface area contributed by atoms with Gasteiger partial charge in [-0.1, -0.05) is 0 Å². The van der Waals surface area contributed by atoms with Crippen molar-refractivity contribution in [3.63, 3.8) is 0 Å². The first-order valence-corrected chi connectivity index (χ1v) is 7.29. The number of fused-ring (bicyclic) bond motifs is 2. The minimum Gasteiger partial charge on any atom is -0.390 e. The Morgan fingerprint density at radius 3 is 2.38 bits per heavy atom. The Morgan fingerprint density at radius 1 is 1.12 bits per heavy atom. The van der Waals surface area contributed by atoms with E-state index in [1.807, 2.05) is 0 Å². The van der Waals surface area contributed by atoms with Crippen molar-refractivity contribution in [2.24, 2.45) is 0 Å². The molecule has 4 heteroatoms. The van der Waals surface area contributed by atoms with Gasteiger partial charge in [0.25, 0.3) is 0 Å². The Morgan fingerprint density at radius 2 is 1.75 bits per heavy atom. The Hall–Kier alpha value is 0.230. The monoisotopic (exact) mass is 244 g/mol.